The van der Waals surface area contributed by atoms with Crippen molar-refractivity contribution in [2.45, 2.75) is 12.8 Å². The molecule has 0 fully saturated rings. The monoisotopic (exact) mass is 251 g/mol. The van der Waals surface area contributed by atoms with Crippen molar-refractivity contribution in [3.8, 4) is 0 Å². The third-order valence-corrected chi connectivity index (χ3v) is 3.56. The van der Waals surface area contributed by atoms with Crippen LogP contribution in [0.2, 0.25) is 0 Å². The topological polar surface area (TPSA) is 66.4 Å². The average molecular weight is 251 g/mol. The number of carboxylic acids is 1. The maximum atomic E-state index is 12.0. The smallest absolute Gasteiger partial charge is 0.307 e. The maximum absolute atomic E-state index is 12.0. The van der Waals surface area contributed by atoms with Gasteiger partial charge in [-0.3, -0.25) is 9.59 Å². The van der Waals surface area contributed by atoms with Crippen LogP contribution in [0.5, 0.6) is 0 Å². The van der Waals surface area contributed by atoms with E-state index in [0.717, 1.165) is 5.69 Å². The van der Waals surface area contributed by atoms with Crippen molar-refractivity contribution in [1.29, 1.82) is 0 Å². The molecule has 2 N–H and O–H groups in total. The first kappa shape index (κ1) is 11.9. The third-order valence-electron chi connectivity index (χ3n) is 2.88. The number of anilines is 1. The van der Waals surface area contributed by atoms with Crippen LogP contribution in [0.25, 0.3) is 0 Å². The van der Waals surface area contributed by atoms with Crippen molar-refractivity contribution in [2.24, 2.45) is 11.8 Å². The second-order valence-electron chi connectivity index (χ2n) is 4.00. The van der Waals surface area contributed by atoms with Crippen LogP contribution in [-0.2, 0) is 9.59 Å². The Hall–Kier alpha value is -1.62. The van der Waals surface area contributed by atoms with E-state index in [9.17, 15) is 9.59 Å². The van der Waals surface area contributed by atoms with Gasteiger partial charge in [-0.1, -0.05) is 12.2 Å². The molecule has 2 rings (SSSR count). The molecule has 0 radical (unpaired) electrons. The lowest BCUT2D eigenvalue weighted by Gasteiger charge is -2.23. The molecule has 4 nitrogen and oxygen atoms in total. The molecular weight excluding hydrogens is 238 g/mol. The highest BCUT2D eigenvalue weighted by atomic mass is 32.1. The molecule has 1 aromatic heterocycles. The van der Waals surface area contributed by atoms with Gasteiger partial charge in [-0.15, -0.1) is 0 Å². The summed E-state index contributed by atoms with van der Waals surface area (Å²) in [6.45, 7) is 0. The van der Waals surface area contributed by atoms with E-state index in [1.165, 1.54) is 11.3 Å². The molecule has 0 aromatic carbocycles. The molecular formula is C12H13NO3S. The van der Waals surface area contributed by atoms with Gasteiger partial charge in [0.05, 0.1) is 17.5 Å². The Morgan fingerprint density at radius 2 is 2.00 bits per heavy atom. The van der Waals surface area contributed by atoms with Crippen LogP contribution in [-0.4, -0.2) is 17.0 Å². The van der Waals surface area contributed by atoms with Crippen molar-refractivity contribution in [1.82, 2.24) is 0 Å². The molecule has 0 saturated carbocycles. The Bertz CT molecular complexity index is 439. The van der Waals surface area contributed by atoms with Crippen molar-refractivity contribution in [3.05, 3.63) is 29.0 Å². The quantitative estimate of drug-likeness (QED) is 0.810. The maximum Gasteiger partial charge on any atom is 0.307 e. The van der Waals surface area contributed by atoms with Crippen LogP contribution in [0.1, 0.15) is 12.8 Å². The van der Waals surface area contributed by atoms with E-state index in [0.29, 0.717) is 12.8 Å². The largest absolute Gasteiger partial charge is 0.481 e. The molecule has 1 heterocycles. The summed E-state index contributed by atoms with van der Waals surface area (Å²) in [7, 11) is 0. The summed E-state index contributed by atoms with van der Waals surface area (Å²) in [6, 6.07) is 1.80. The van der Waals surface area contributed by atoms with Gasteiger partial charge in [-0.25, -0.2) is 0 Å². The second-order valence-corrected chi connectivity index (χ2v) is 4.78. The second kappa shape index (κ2) is 5.14. The molecule has 1 amide bonds. The first-order valence-electron chi connectivity index (χ1n) is 5.39. The molecule has 2 atom stereocenters. The van der Waals surface area contributed by atoms with Gasteiger partial charge in [0.15, 0.2) is 0 Å². The van der Waals surface area contributed by atoms with Gasteiger partial charge >= 0.3 is 5.97 Å². The SMILES string of the molecule is O=C(O)C1CC=CCC1C(=O)Nc1ccsc1. The minimum absolute atomic E-state index is 0.208. The molecule has 17 heavy (non-hydrogen) atoms. The number of nitrogens with one attached hydrogen (secondary N) is 1. The molecule has 1 aromatic rings. The van der Waals surface area contributed by atoms with E-state index in [-0.39, 0.29) is 5.91 Å². The number of carbonyl (C=O) groups is 2. The minimum atomic E-state index is -0.903. The first-order valence-corrected chi connectivity index (χ1v) is 6.33. The fraction of sp³-hybridized carbons (Fsp3) is 0.333. The molecule has 0 spiro atoms. The Balaban J connectivity index is 2.07. The highest BCUT2D eigenvalue weighted by Gasteiger charge is 2.33. The van der Waals surface area contributed by atoms with E-state index in [1.54, 1.807) is 6.07 Å². The van der Waals surface area contributed by atoms with Crippen molar-refractivity contribution in [2.75, 3.05) is 5.32 Å². The number of carbonyl (C=O) groups excluding carboxylic acids is 1. The van der Waals surface area contributed by atoms with Gasteiger partial charge in [-0.05, 0) is 24.3 Å². The Kier molecular flexibility index (Phi) is 3.58. The Morgan fingerprint density at radius 3 is 2.59 bits per heavy atom. The van der Waals surface area contributed by atoms with Crippen LogP contribution in [0, 0.1) is 11.8 Å². The molecule has 0 bridgehead atoms. The first-order chi connectivity index (χ1) is 8.18. The van der Waals surface area contributed by atoms with E-state index in [4.69, 9.17) is 5.11 Å². The van der Waals surface area contributed by atoms with E-state index < -0.39 is 17.8 Å². The summed E-state index contributed by atoms with van der Waals surface area (Å²) in [5.41, 5.74) is 0.735. The van der Waals surface area contributed by atoms with Gasteiger partial charge < -0.3 is 10.4 Å². The summed E-state index contributed by atoms with van der Waals surface area (Å²) in [4.78, 5) is 23.0. The molecule has 2 unspecified atom stereocenters. The number of allylic oxidation sites excluding steroid dienone is 2. The van der Waals surface area contributed by atoms with E-state index >= 15 is 0 Å². The van der Waals surface area contributed by atoms with Crippen LogP contribution >= 0.6 is 11.3 Å². The van der Waals surface area contributed by atoms with Crippen molar-refractivity contribution >= 4 is 28.9 Å². The van der Waals surface area contributed by atoms with E-state index in [2.05, 4.69) is 5.32 Å². The van der Waals surface area contributed by atoms with Crippen molar-refractivity contribution in [3.63, 3.8) is 0 Å². The zero-order valence-corrected chi connectivity index (χ0v) is 9.94. The van der Waals surface area contributed by atoms with Crippen LogP contribution in [0.3, 0.4) is 0 Å². The number of amides is 1. The summed E-state index contributed by atoms with van der Waals surface area (Å²) < 4.78 is 0. The Labute approximate surface area is 103 Å². The lowest BCUT2D eigenvalue weighted by Crippen LogP contribution is -2.34. The zero-order valence-electron chi connectivity index (χ0n) is 9.13. The molecule has 0 aliphatic heterocycles. The lowest BCUT2D eigenvalue weighted by atomic mass is 9.82. The summed E-state index contributed by atoms with van der Waals surface area (Å²) in [6.07, 6.45) is 4.62. The normalized spacial score (nSPS) is 23.3. The van der Waals surface area contributed by atoms with Gasteiger partial charge in [0.25, 0.3) is 0 Å². The molecule has 90 valence electrons. The number of carboxylic acid groups (broad SMARTS) is 1. The van der Waals surface area contributed by atoms with Gasteiger partial charge in [0.2, 0.25) is 5.91 Å². The zero-order chi connectivity index (χ0) is 12.3. The van der Waals surface area contributed by atoms with Gasteiger partial charge in [-0.2, -0.15) is 11.3 Å². The average Bonchev–Trinajstić information content (AvgIpc) is 2.81. The fourth-order valence-electron chi connectivity index (χ4n) is 1.95. The number of aliphatic carboxylic acids is 1. The van der Waals surface area contributed by atoms with Crippen LogP contribution < -0.4 is 5.32 Å². The summed E-state index contributed by atoms with van der Waals surface area (Å²) in [5, 5.41) is 15.5. The summed E-state index contributed by atoms with van der Waals surface area (Å²) in [5.74, 6) is -2.20. The molecule has 5 heteroatoms. The highest BCUT2D eigenvalue weighted by molar-refractivity contribution is 7.08. The number of rotatable bonds is 3. The highest BCUT2D eigenvalue weighted by Crippen LogP contribution is 2.27. The van der Waals surface area contributed by atoms with Gasteiger partial charge in [0, 0.05) is 5.38 Å². The standard InChI is InChI=1S/C12H13NO3S/c14-11(13-8-5-6-17-7-8)9-3-1-2-4-10(9)12(15)16/h1-2,5-7,9-10H,3-4H2,(H,13,14)(H,15,16). The molecule has 1 aliphatic rings. The third kappa shape index (κ3) is 2.74. The lowest BCUT2D eigenvalue weighted by molar-refractivity contribution is -0.146. The minimum Gasteiger partial charge on any atom is -0.481 e. The predicted molar refractivity (Wildman–Crippen MR) is 65.9 cm³/mol. The number of hydrogen-bond acceptors (Lipinski definition) is 3. The van der Waals surface area contributed by atoms with E-state index in [1.807, 2.05) is 22.9 Å². The summed E-state index contributed by atoms with van der Waals surface area (Å²) >= 11 is 1.49. The van der Waals surface area contributed by atoms with Crippen LogP contribution in [0.15, 0.2) is 29.0 Å². The van der Waals surface area contributed by atoms with Gasteiger partial charge in [0.1, 0.15) is 0 Å². The Morgan fingerprint density at radius 1 is 1.29 bits per heavy atom. The number of hydrogen-bond donors (Lipinski definition) is 2. The van der Waals surface area contributed by atoms with Crippen molar-refractivity contribution < 1.29 is 14.7 Å². The molecule has 0 saturated heterocycles. The van der Waals surface area contributed by atoms with Crippen LogP contribution in [0.4, 0.5) is 5.69 Å². The fourth-order valence-corrected chi connectivity index (χ4v) is 2.54. The predicted octanol–water partition coefficient (Wildman–Crippen LogP) is 2.35. The molecule has 1 aliphatic carbocycles. The number of thiophene rings is 1.